The van der Waals surface area contributed by atoms with Crippen molar-refractivity contribution < 1.29 is 33.5 Å². The van der Waals surface area contributed by atoms with E-state index in [2.05, 4.69) is 35.5 Å². The van der Waals surface area contributed by atoms with Gasteiger partial charge in [-0.1, -0.05) is 30.3 Å². The van der Waals surface area contributed by atoms with E-state index in [1.54, 1.807) is 17.0 Å². The van der Waals surface area contributed by atoms with Crippen molar-refractivity contribution >= 4 is 52.6 Å². The van der Waals surface area contributed by atoms with Gasteiger partial charge in [-0.15, -0.1) is 0 Å². The number of nitrogens with one attached hydrogen (secondary N) is 3. The number of fused-ring (bicyclic) bond motifs is 4. The molecule has 0 saturated carbocycles. The van der Waals surface area contributed by atoms with Crippen molar-refractivity contribution in [2.75, 3.05) is 55.0 Å². The fourth-order valence-electron chi connectivity index (χ4n) is 10.4. The van der Waals surface area contributed by atoms with Gasteiger partial charge < -0.3 is 24.8 Å². The van der Waals surface area contributed by atoms with Gasteiger partial charge in [0, 0.05) is 80.8 Å². The molecule has 6 aliphatic heterocycles. The highest BCUT2D eigenvalue weighted by Crippen LogP contribution is 2.38. The summed E-state index contributed by atoms with van der Waals surface area (Å²) in [4.78, 5) is 87.8. The summed E-state index contributed by atoms with van der Waals surface area (Å²) in [5.74, 6) is -1.37. The van der Waals surface area contributed by atoms with Crippen LogP contribution in [0.4, 0.5) is 17.2 Å². The first-order valence-corrected chi connectivity index (χ1v) is 21.6. The number of aromatic amines is 1. The molecule has 62 heavy (non-hydrogen) atoms. The molecule has 2 bridgehead atoms. The molecule has 3 N–H and O–H groups in total. The lowest BCUT2D eigenvalue weighted by molar-refractivity contribution is -0.143. The van der Waals surface area contributed by atoms with Gasteiger partial charge in [-0.25, -0.2) is 0 Å². The number of anilines is 3. The minimum absolute atomic E-state index is 0.0901. The maximum atomic E-state index is 13.5. The van der Waals surface area contributed by atoms with E-state index >= 15 is 0 Å². The zero-order valence-electron chi connectivity index (χ0n) is 34.5. The Morgan fingerprint density at radius 3 is 2.24 bits per heavy atom. The van der Waals surface area contributed by atoms with Gasteiger partial charge in [0.2, 0.25) is 11.8 Å². The Kier molecular flexibility index (Phi) is 10.3. The van der Waals surface area contributed by atoms with Gasteiger partial charge in [-0.2, -0.15) is 5.10 Å². The average molecular weight is 840 g/mol. The van der Waals surface area contributed by atoms with Gasteiger partial charge in [0.1, 0.15) is 6.04 Å². The van der Waals surface area contributed by atoms with Crippen LogP contribution in [0, 0.1) is 5.92 Å². The highest BCUT2D eigenvalue weighted by Gasteiger charge is 2.46. The number of ether oxygens (including phenoxy) is 1. The van der Waals surface area contributed by atoms with E-state index in [0.29, 0.717) is 53.6 Å². The molecule has 3 aromatic carbocycles. The second kappa shape index (κ2) is 16.1. The van der Waals surface area contributed by atoms with Crippen molar-refractivity contribution in [1.82, 2.24) is 30.2 Å². The van der Waals surface area contributed by atoms with Crippen molar-refractivity contribution in [3.63, 3.8) is 0 Å². The standard InChI is InChI=1S/C46H49N9O7/c1-62-40(28-5-3-2-4-6-28)46(61)53-25-36-37(26-53)49-50-41(36)48-42(57)29-7-9-30(10-8-29)51-19-17-27(18-20-51)22-54-32-11-12-33(54)24-52(23-32)31-13-14-34-35(21-31)45(60)55(44(34)59)38-15-16-39(56)47-43(38)58/h2-10,13-14,21,27,32-33,38,40H,11-12,15-20,22-26H2,1H3,(H,47,56,58)(H2,48,49,50,57). The number of methoxy groups -OCH3 is 1. The summed E-state index contributed by atoms with van der Waals surface area (Å²) >= 11 is 0. The number of nitrogens with zero attached hydrogens (tertiary/aromatic N) is 6. The van der Waals surface area contributed by atoms with E-state index < -0.39 is 35.8 Å². The molecule has 320 valence electrons. The summed E-state index contributed by atoms with van der Waals surface area (Å²) < 4.78 is 5.56. The van der Waals surface area contributed by atoms with Crippen molar-refractivity contribution in [2.24, 2.45) is 5.92 Å². The molecular weight excluding hydrogens is 791 g/mol. The van der Waals surface area contributed by atoms with E-state index in [-0.39, 0.29) is 24.7 Å². The zero-order valence-corrected chi connectivity index (χ0v) is 34.5. The number of amides is 6. The molecule has 4 aromatic rings. The number of piperazine rings is 1. The van der Waals surface area contributed by atoms with Crippen LogP contribution in [0.2, 0.25) is 0 Å². The lowest BCUT2D eigenvalue weighted by Gasteiger charge is -2.44. The number of carbonyl (C=O) groups excluding carboxylic acids is 6. The van der Waals surface area contributed by atoms with E-state index in [1.165, 1.54) is 7.11 Å². The third kappa shape index (κ3) is 7.19. The Morgan fingerprint density at radius 2 is 1.53 bits per heavy atom. The monoisotopic (exact) mass is 839 g/mol. The Labute approximate surface area is 358 Å². The first-order chi connectivity index (χ1) is 30.1. The predicted molar refractivity (Wildman–Crippen MR) is 227 cm³/mol. The molecule has 0 spiro atoms. The first kappa shape index (κ1) is 39.7. The van der Waals surface area contributed by atoms with Crippen LogP contribution in [0.1, 0.15) is 92.5 Å². The zero-order chi connectivity index (χ0) is 42.6. The maximum absolute atomic E-state index is 13.5. The molecule has 0 aliphatic carbocycles. The Balaban J connectivity index is 0.704. The summed E-state index contributed by atoms with van der Waals surface area (Å²) in [6.45, 7) is 5.29. The summed E-state index contributed by atoms with van der Waals surface area (Å²) in [5.41, 5.74) is 5.51. The molecule has 7 heterocycles. The van der Waals surface area contributed by atoms with Crippen LogP contribution in [-0.4, -0.2) is 118 Å². The number of hydrogen-bond donors (Lipinski definition) is 3. The van der Waals surface area contributed by atoms with Crippen LogP contribution in [0.25, 0.3) is 0 Å². The van der Waals surface area contributed by atoms with Gasteiger partial charge in [0.15, 0.2) is 11.9 Å². The van der Waals surface area contributed by atoms with Gasteiger partial charge in [0.25, 0.3) is 23.6 Å². The normalized spacial score (nSPS) is 23.1. The smallest absolute Gasteiger partial charge is 0.262 e. The van der Waals surface area contributed by atoms with Gasteiger partial charge >= 0.3 is 0 Å². The molecule has 1 aromatic heterocycles. The molecule has 10 rings (SSSR count). The number of carbonyl (C=O) groups is 6. The summed E-state index contributed by atoms with van der Waals surface area (Å²) in [5, 5.41) is 12.5. The SMILES string of the molecule is COC(C(=O)N1Cc2[nH]nc(NC(=O)c3ccc(N4CCC(CN5C6CCC5CN(c5ccc7c(c5)C(=O)N(C5CCC(=O)NC5=O)C7=O)C6)CC4)cc3)c2C1)c1ccccc1. The Bertz CT molecular complexity index is 2430. The van der Waals surface area contributed by atoms with Crippen LogP contribution in [-0.2, 0) is 32.2 Å². The first-order valence-electron chi connectivity index (χ1n) is 21.6. The predicted octanol–water partition coefficient (Wildman–Crippen LogP) is 3.86. The van der Waals surface area contributed by atoms with Crippen LogP contribution >= 0.6 is 0 Å². The Hall–Kier alpha value is -6.39. The summed E-state index contributed by atoms with van der Waals surface area (Å²) in [6, 6.07) is 22.4. The number of imide groups is 2. The lowest BCUT2D eigenvalue weighted by Crippen LogP contribution is -2.55. The Morgan fingerprint density at radius 1 is 0.823 bits per heavy atom. The number of benzene rings is 3. The number of rotatable bonds is 10. The average Bonchev–Trinajstić information content (AvgIpc) is 4.00. The molecule has 4 atom stereocenters. The van der Waals surface area contributed by atoms with Crippen molar-refractivity contribution in [3.05, 3.63) is 106 Å². The second-order valence-electron chi connectivity index (χ2n) is 17.3. The van der Waals surface area contributed by atoms with Crippen molar-refractivity contribution in [3.8, 4) is 0 Å². The summed E-state index contributed by atoms with van der Waals surface area (Å²) in [7, 11) is 1.53. The molecular formula is C46H49N9O7. The van der Waals surface area contributed by atoms with E-state index in [0.717, 1.165) is 91.5 Å². The van der Waals surface area contributed by atoms with Crippen molar-refractivity contribution in [2.45, 2.75) is 75.8 Å². The van der Waals surface area contributed by atoms with E-state index in [4.69, 9.17) is 4.74 Å². The topological polar surface area (TPSA) is 181 Å². The van der Waals surface area contributed by atoms with Crippen molar-refractivity contribution in [1.29, 1.82) is 0 Å². The van der Waals surface area contributed by atoms with E-state index in [9.17, 15) is 28.8 Å². The van der Waals surface area contributed by atoms with Crippen LogP contribution < -0.4 is 20.4 Å². The summed E-state index contributed by atoms with van der Waals surface area (Å²) in [6.07, 6.45) is 3.90. The molecule has 6 amide bonds. The number of aromatic nitrogens is 2. The molecule has 4 unspecified atom stereocenters. The lowest BCUT2D eigenvalue weighted by atomic mass is 9.94. The second-order valence-corrected chi connectivity index (χ2v) is 17.3. The van der Waals surface area contributed by atoms with Crippen LogP contribution in [0.15, 0.2) is 72.8 Å². The maximum Gasteiger partial charge on any atom is 0.262 e. The quantitative estimate of drug-likeness (QED) is 0.198. The molecule has 16 nitrogen and oxygen atoms in total. The third-order valence-electron chi connectivity index (χ3n) is 13.8. The largest absolute Gasteiger partial charge is 0.372 e. The number of piperidine rings is 2. The fraction of sp³-hybridized carbons (Fsp3) is 0.413. The molecule has 0 radical (unpaired) electrons. The fourth-order valence-corrected chi connectivity index (χ4v) is 10.4. The minimum Gasteiger partial charge on any atom is -0.372 e. The molecule has 4 saturated heterocycles. The van der Waals surface area contributed by atoms with Gasteiger partial charge in [0.05, 0.1) is 29.9 Å². The van der Waals surface area contributed by atoms with Gasteiger partial charge in [-0.3, -0.25) is 49.0 Å². The van der Waals surface area contributed by atoms with Crippen LogP contribution in [0.5, 0.6) is 0 Å². The highest BCUT2D eigenvalue weighted by atomic mass is 16.5. The highest BCUT2D eigenvalue weighted by molar-refractivity contribution is 6.23. The minimum atomic E-state index is -0.978. The third-order valence-corrected chi connectivity index (χ3v) is 13.8. The number of H-pyrrole nitrogens is 1. The van der Waals surface area contributed by atoms with Crippen LogP contribution in [0.3, 0.4) is 0 Å². The molecule has 4 fully saturated rings. The van der Waals surface area contributed by atoms with E-state index in [1.807, 2.05) is 60.7 Å². The van der Waals surface area contributed by atoms with Gasteiger partial charge in [-0.05, 0) is 86.1 Å². The number of hydrogen-bond acceptors (Lipinski definition) is 11. The molecule has 6 aliphatic rings. The molecule has 16 heteroatoms.